The molecule has 0 radical (unpaired) electrons. The van der Waals surface area contributed by atoms with E-state index in [1.54, 1.807) is 6.07 Å². The van der Waals surface area contributed by atoms with Crippen molar-refractivity contribution in [3.05, 3.63) is 57.8 Å². The number of benzene rings is 1. The van der Waals surface area contributed by atoms with Gasteiger partial charge in [0.1, 0.15) is 29.9 Å². The molecule has 0 spiro atoms. The van der Waals surface area contributed by atoms with Gasteiger partial charge in [-0.15, -0.1) is 0 Å². The molecule has 0 saturated carbocycles. The van der Waals surface area contributed by atoms with E-state index in [4.69, 9.17) is 30.5 Å². The largest absolute Gasteiger partial charge is 0.456 e. The SMILES string of the molecule is O[C@@H]1CO[C@H]2[C@@H]1OC[C@H]2Oc1nc2nc(CCc3c(F)cc(C4=CCOCC4)cc3F)c(Cl)cc2[nH]1. The fourth-order valence-electron chi connectivity index (χ4n) is 4.91. The van der Waals surface area contributed by atoms with Crippen molar-refractivity contribution >= 4 is 28.3 Å². The van der Waals surface area contributed by atoms with Gasteiger partial charge in [0.2, 0.25) is 0 Å². The van der Waals surface area contributed by atoms with Crippen LogP contribution in [-0.2, 0) is 27.1 Å². The molecule has 2 N–H and O–H groups in total. The van der Waals surface area contributed by atoms with Crippen LogP contribution < -0.4 is 4.74 Å². The maximum Gasteiger partial charge on any atom is 0.296 e. The summed E-state index contributed by atoms with van der Waals surface area (Å²) in [4.78, 5) is 11.9. The quantitative estimate of drug-likeness (QED) is 0.515. The number of aliphatic hydroxyl groups excluding tert-OH is 1. The van der Waals surface area contributed by atoms with Crippen LogP contribution in [0.2, 0.25) is 5.02 Å². The lowest BCUT2D eigenvalue weighted by molar-refractivity contribution is 0.00706. The van der Waals surface area contributed by atoms with Gasteiger partial charge in [-0.1, -0.05) is 17.7 Å². The van der Waals surface area contributed by atoms with E-state index in [-0.39, 0.29) is 43.7 Å². The number of H-pyrrole nitrogens is 1. The summed E-state index contributed by atoms with van der Waals surface area (Å²) < 4.78 is 51.9. The molecule has 190 valence electrons. The second-order valence-electron chi connectivity index (χ2n) is 9.12. The van der Waals surface area contributed by atoms with Crippen molar-refractivity contribution in [2.24, 2.45) is 0 Å². The molecule has 3 aliphatic rings. The van der Waals surface area contributed by atoms with Crippen LogP contribution in [0.3, 0.4) is 0 Å². The van der Waals surface area contributed by atoms with Crippen molar-refractivity contribution in [2.45, 2.75) is 43.7 Å². The topological polar surface area (TPSA) is 98.7 Å². The van der Waals surface area contributed by atoms with E-state index in [2.05, 4.69) is 15.0 Å². The first kappa shape index (κ1) is 23.7. The molecule has 0 aliphatic carbocycles. The van der Waals surface area contributed by atoms with Crippen LogP contribution in [0.15, 0.2) is 24.3 Å². The van der Waals surface area contributed by atoms with Crippen molar-refractivity contribution < 1.29 is 32.8 Å². The molecule has 36 heavy (non-hydrogen) atoms. The van der Waals surface area contributed by atoms with E-state index in [1.807, 2.05) is 6.08 Å². The number of aryl methyl sites for hydroxylation is 1. The third-order valence-corrected chi connectivity index (χ3v) is 7.14. The summed E-state index contributed by atoms with van der Waals surface area (Å²) in [6.07, 6.45) is 0.904. The zero-order valence-corrected chi connectivity index (χ0v) is 19.9. The Bertz CT molecular complexity index is 1310. The minimum Gasteiger partial charge on any atom is -0.456 e. The number of aliphatic hydroxyl groups is 1. The lowest BCUT2D eigenvalue weighted by atomic mass is 9.97. The Balaban J connectivity index is 1.17. The van der Waals surface area contributed by atoms with Crippen molar-refractivity contribution in [1.29, 1.82) is 0 Å². The molecule has 3 aromatic rings. The summed E-state index contributed by atoms with van der Waals surface area (Å²) in [6, 6.07) is 4.63. The van der Waals surface area contributed by atoms with Gasteiger partial charge >= 0.3 is 0 Å². The molecule has 0 unspecified atom stereocenters. The first-order valence-corrected chi connectivity index (χ1v) is 12.2. The van der Waals surface area contributed by atoms with Gasteiger partial charge in [-0.25, -0.2) is 13.8 Å². The second kappa shape index (κ2) is 9.68. The highest BCUT2D eigenvalue weighted by molar-refractivity contribution is 6.31. The minimum absolute atomic E-state index is 0.00929. The molecule has 0 amide bonds. The Hall–Kier alpha value is -2.63. The van der Waals surface area contributed by atoms with E-state index in [0.717, 1.165) is 5.57 Å². The van der Waals surface area contributed by atoms with Gasteiger partial charge in [0.15, 0.2) is 11.8 Å². The van der Waals surface area contributed by atoms with Crippen LogP contribution in [0, 0.1) is 11.6 Å². The summed E-state index contributed by atoms with van der Waals surface area (Å²) in [5, 5.41) is 10.2. The number of hydrogen-bond acceptors (Lipinski definition) is 7. The average molecular weight is 520 g/mol. The van der Waals surface area contributed by atoms with E-state index in [0.29, 0.717) is 47.1 Å². The zero-order valence-electron chi connectivity index (χ0n) is 19.2. The summed E-state index contributed by atoms with van der Waals surface area (Å²) in [5.41, 5.74) is 2.82. The highest BCUT2D eigenvalue weighted by Gasteiger charge is 2.48. The third-order valence-electron chi connectivity index (χ3n) is 6.81. The number of hydrogen-bond donors (Lipinski definition) is 2. The second-order valence-corrected chi connectivity index (χ2v) is 9.53. The molecular weight excluding hydrogens is 496 g/mol. The van der Waals surface area contributed by atoms with Gasteiger partial charge in [-0.3, -0.25) is 0 Å². The summed E-state index contributed by atoms with van der Waals surface area (Å²) >= 11 is 6.42. The molecule has 4 atom stereocenters. The van der Waals surface area contributed by atoms with Crippen LogP contribution in [0.4, 0.5) is 8.78 Å². The number of nitrogens with zero attached hydrogens (tertiary/aromatic N) is 2. The molecular formula is C25H24ClF2N3O5. The summed E-state index contributed by atoms with van der Waals surface area (Å²) in [5.74, 6) is -1.19. The van der Waals surface area contributed by atoms with E-state index < -0.39 is 29.9 Å². The number of nitrogens with one attached hydrogen (secondary N) is 1. The number of aromatic nitrogens is 3. The molecule has 2 saturated heterocycles. The predicted molar refractivity (Wildman–Crippen MR) is 126 cm³/mol. The van der Waals surface area contributed by atoms with E-state index in [9.17, 15) is 13.9 Å². The van der Waals surface area contributed by atoms with Crippen molar-refractivity contribution in [3.63, 3.8) is 0 Å². The van der Waals surface area contributed by atoms with E-state index in [1.165, 1.54) is 12.1 Å². The molecule has 1 aromatic carbocycles. The van der Waals surface area contributed by atoms with E-state index >= 15 is 0 Å². The van der Waals surface area contributed by atoms with Gasteiger partial charge in [-0.2, -0.15) is 4.98 Å². The number of ether oxygens (including phenoxy) is 4. The third kappa shape index (κ3) is 4.48. The normalized spacial score (nSPS) is 25.8. The molecule has 6 rings (SSSR count). The Kier molecular flexibility index (Phi) is 6.38. The maximum atomic E-state index is 14.8. The standard InChI is InChI=1S/C25H24ClF2N3O5/c26-15-9-19-24(31-25(30-19)36-21-11-35-22-20(32)10-34-23(21)22)29-18(15)2-1-14-16(27)7-13(8-17(14)28)12-3-5-33-6-4-12/h3,7-9,20-23,32H,1-2,4-6,10-11H2,(H,29,30,31)/t20-,21-,22-,23-/m1/s1. The molecule has 2 aromatic heterocycles. The maximum absolute atomic E-state index is 14.8. The molecule has 11 heteroatoms. The van der Waals surface area contributed by atoms with Crippen LogP contribution in [0.25, 0.3) is 16.7 Å². The Labute approximate surface area is 210 Å². The van der Waals surface area contributed by atoms with Gasteiger partial charge in [0.25, 0.3) is 6.01 Å². The van der Waals surface area contributed by atoms with Crippen LogP contribution in [-0.4, -0.2) is 70.9 Å². The van der Waals surface area contributed by atoms with Gasteiger partial charge in [0, 0.05) is 5.56 Å². The lowest BCUT2D eigenvalue weighted by Gasteiger charge is -2.15. The monoisotopic (exact) mass is 519 g/mol. The van der Waals surface area contributed by atoms with Crippen LogP contribution in [0.1, 0.15) is 23.2 Å². The predicted octanol–water partition coefficient (Wildman–Crippen LogP) is 3.38. The molecule has 2 fully saturated rings. The molecule has 5 heterocycles. The smallest absolute Gasteiger partial charge is 0.296 e. The lowest BCUT2D eigenvalue weighted by Crippen LogP contribution is -2.34. The number of halogens is 3. The van der Waals surface area contributed by atoms with Crippen molar-refractivity contribution in [3.8, 4) is 6.01 Å². The van der Waals surface area contributed by atoms with Gasteiger partial charge < -0.3 is 29.0 Å². The van der Waals surface area contributed by atoms with Crippen LogP contribution in [0.5, 0.6) is 6.01 Å². The number of rotatable bonds is 6. The fourth-order valence-corrected chi connectivity index (χ4v) is 5.16. The number of aromatic amines is 1. The fraction of sp³-hybridized carbons (Fsp3) is 0.440. The van der Waals surface area contributed by atoms with Crippen LogP contribution >= 0.6 is 11.6 Å². The molecule has 8 nitrogen and oxygen atoms in total. The molecule has 3 aliphatic heterocycles. The highest BCUT2D eigenvalue weighted by Crippen LogP contribution is 2.31. The number of fused-ring (bicyclic) bond motifs is 2. The Morgan fingerprint density at radius 2 is 1.89 bits per heavy atom. The first-order chi connectivity index (χ1) is 17.5. The average Bonchev–Trinajstić information content (AvgIpc) is 3.55. The highest BCUT2D eigenvalue weighted by atomic mass is 35.5. The van der Waals surface area contributed by atoms with Crippen molar-refractivity contribution in [1.82, 2.24) is 15.0 Å². The Morgan fingerprint density at radius 3 is 2.67 bits per heavy atom. The number of imidazole rings is 1. The zero-order chi connectivity index (χ0) is 24.8. The summed E-state index contributed by atoms with van der Waals surface area (Å²) in [6.45, 7) is 1.45. The Morgan fingerprint density at radius 1 is 1.08 bits per heavy atom. The van der Waals surface area contributed by atoms with Gasteiger partial charge in [-0.05, 0) is 48.6 Å². The minimum atomic E-state index is -0.674. The molecule has 0 bridgehead atoms. The van der Waals surface area contributed by atoms with Crippen molar-refractivity contribution in [2.75, 3.05) is 26.4 Å². The van der Waals surface area contributed by atoms with Gasteiger partial charge in [0.05, 0.1) is 42.7 Å². The first-order valence-electron chi connectivity index (χ1n) is 11.8. The summed E-state index contributed by atoms with van der Waals surface area (Å²) in [7, 11) is 0. The number of pyridine rings is 1.